The average Bonchev–Trinajstić information content (AvgIpc) is 2.51. The maximum absolute atomic E-state index is 11.6. The molecule has 1 aliphatic rings. The number of aromatic amines is 1. The normalized spacial score (nSPS) is 22.3. The largest absolute Gasteiger partial charge is 0.367 e. The van der Waals surface area contributed by atoms with Crippen LogP contribution < -0.4 is 10.5 Å². The zero-order chi connectivity index (χ0) is 14.9. The summed E-state index contributed by atoms with van der Waals surface area (Å²) >= 11 is 5.72. The van der Waals surface area contributed by atoms with Crippen LogP contribution in [0.15, 0.2) is 41.3 Å². The van der Waals surface area contributed by atoms with Crippen LogP contribution in [0.3, 0.4) is 0 Å². The summed E-state index contributed by atoms with van der Waals surface area (Å²) in [7, 11) is 0. The molecule has 6 heteroatoms. The highest BCUT2D eigenvalue weighted by Gasteiger charge is 2.34. The number of hydrogen-bond acceptors (Lipinski definition) is 4. The van der Waals surface area contributed by atoms with Crippen molar-refractivity contribution in [2.24, 2.45) is 0 Å². The van der Waals surface area contributed by atoms with Gasteiger partial charge in [0.05, 0.1) is 19.3 Å². The summed E-state index contributed by atoms with van der Waals surface area (Å²) in [4.78, 5) is 20.5. The van der Waals surface area contributed by atoms with E-state index in [2.05, 4.69) is 9.97 Å². The molecule has 1 atom stereocenters. The van der Waals surface area contributed by atoms with Crippen LogP contribution in [0.1, 0.15) is 12.5 Å². The second-order valence-electron chi connectivity index (χ2n) is 5.25. The van der Waals surface area contributed by atoms with E-state index in [-0.39, 0.29) is 10.6 Å². The molecular formula is C15H16ClN3O2. The van der Waals surface area contributed by atoms with Gasteiger partial charge in [-0.3, -0.25) is 9.78 Å². The van der Waals surface area contributed by atoms with Crippen LogP contribution in [0.25, 0.3) is 0 Å². The quantitative estimate of drug-likeness (QED) is 0.924. The highest BCUT2D eigenvalue weighted by molar-refractivity contribution is 6.30. The predicted molar refractivity (Wildman–Crippen MR) is 81.8 cm³/mol. The molecule has 0 bridgehead atoms. The fourth-order valence-corrected chi connectivity index (χ4v) is 2.64. The molecule has 0 spiro atoms. The Morgan fingerprint density at radius 3 is 2.86 bits per heavy atom. The number of anilines is 1. The summed E-state index contributed by atoms with van der Waals surface area (Å²) in [5.74, 6) is 0.523. The van der Waals surface area contributed by atoms with Gasteiger partial charge in [0.15, 0.2) is 0 Å². The number of hydrogen-bond donors (Lipinski definition) is 1. The first-order valence-corrected chi connectivity index (χ1v) is 7.15. The molecule has 5 nitrogen and oxygen atoms in total. The van der Waals surface area contributed by atoms with Gasteiger partial charge in [0.2, 0.25) is 5.95 Å². The van der Waals surface area contributed by atoms with E-state index in [1.807, 2.05) is 42.2 Å². The van der Waals surface area contributed by atoms with Gasteiger partial charge < -0.3 is 9.64 Å². The Balaban J connectivity index is 1.89. The van der Waals surface area contributed by atoms with Crippen molar-refractivity contribution in [1.82, 2.24) is 9.97 Å². The summed E-state index contributed by atoms with van der Waals surface area (Å²) < 4.78 is 5.97. The van der Waals surface area contributed by atoms with E-state index in [1.165, 1.54) is 6.20 Å². The molecule has 1 aliphatic heterocycles. The Hall–Kier alpha value is -1.85. The lowest BCUT2D eigenvalue weighted by Crippen LogP contribution is -2.49. The van der Waals surface area contributed by atoms with Crippen LogP contribution in [-0.4, -0.2) is 29.7 Å². The second-order valence-corrected chi connectivity index (χ2v) is 5.66. The molecular weight excluding hydrogens is 290 g/mol. The van der Waals surface area contributed by atoms with Crippen LogP contribution in [0.4, 0.5) is 5.95 Å². The summed E-state index contributed by atoms with van der Waals surface area (Å²) in [5, 5.41) is 0.0952. The Morgan fingerprint density at radius 2 is 2.14 bits per heavy atom. The van der Waals surface area contributed by atoms with E-state index in [1.54, 1.807) is 0 Å². The fraction of sp³-hybridized carbons (Fsp3) is 0.333. The number of rotatable bonds is 2. The lowest BCUT2D eigenvalue weighted by molar-refractivity contribution is -0.0470. The number of aromatic nitrogens is 2. The molecule has 0 aliphatic carbocycles. The van der Waals surface area contributed by atoms with E-state index >= 15 is 0 Å². The van der Waals surface area contributed by atoms with Gasteiger partial charge in [-0.25, -0.2) is 4.98 Å². The van der Waals surface area contributed by atoms with Crippen LogP contribution in [-0.2, 0) is 10.3 Å². The Kier molecular flexibility index (Phi) is 3.69. The number of benzene rings is 1. The van der Waals surface area contributed by atoms with Gasteiger partial charge in [-0.15, -0.1) is 0 Å². The van der Waals surface area contributed by atoms with Gasteiger partial charge in [-0.1, -0.05) is 41.9 Å². The average molecular weight is 306 g/mol. The number of morpholine rings is 1. The highest BCUT2D eigenvalue weighted by atomic mass is 35.5. The Bertz CT molecular complexity index is 689. The molecule has 0 amide bonds. The molecule has 21 heavy (non-hydrogen) atoms. The third-order valence-electron chi connectivity index (χ3n) is 3.70. The first kappa shape index (κ1) is 14.1. The van der Waals surface area contributed by atoms with Crippen molar-refractivity contribution < 1.29 is 4.74 Å². The maximum atomic E-state index is 11.6. The van der Waals surface area contributed by atoms with E-state index in [0.29, 0.717) is 25.6 Å². The smallest absolute Gasteiger partial charge is 0.271 e. The monoisotopic (exact) mass is 305 g/mol. The van der Waals surface area contributed by atoms with Crippen molar-refractivity contribution in [3.63, 3.8) is 0 Å². The number of nitrogens with zero attached hydrogens (tertiary/aromatic N) is 2. The van der Waals surface area contributed by atoms with Crippen molar-refractivity contribution in [3.05, 3.63) is 57.5 Å². The molecule has 3 rings (SSSR count). The van der Waals surface area contributed by atoms with E-state index < -0.39 is 5.60 Å². The lowest BCUT2D eigenvalue weighted by Gasteiger charge is -2.41. The number of ether oxygens (including phenoxy) is 1. The molecule has 2 heterocycles. The molecule has 2 aromatic rings. The third kappa shape index (κ3) is 2.80. The number of halogens is 1. The summed E-state index contributed by atoms with van der Waals surface area (Å²) in [6.45, 7) is 3.90. The van der Waals surface area contributed by atoms with Crippen LogP contribution >= 0.6 is 11.6 Å². The zero-order valence-corrected chi connectivity index (χ0v) is 12.4. The van der Waals surface area contributed by atoms with Crippen LogP contribution in [0.2, 0.25) is 5.02 Å². The van der Waals surface area contributed by atoms with Gasteiger partial charge in [-0.05, 0) is 12.5 Å². The Labute approximate surface area is 127 Å². The van der Waals surface area contributed by atoms with Gasteiger partial charge >= 0.3 is 0 Å². The first-order chi connectivity index (χ1) is 10.1. The molecule has 1 fully saturated rings. The van der Waals surface area contributed by atoms with Crippen molar-refractivity contribution >= 4 is 17.5 Å². The minimum Gasteiger partial charge on any atom is -0.367 e. The zero-order valence-electron chi connectivity index (χ0n) is 11.7. The standard InChI is InChI=1S/C15H16ClN3O2/c1-15(11-5-3-2-4-6-11)10-19(7-8-21-15)14-17-9-12(16)13(20)18-14/h2-6,9H,7-8,10H2,1H3,(H,17,18,20). The molecule has 0 saturated carbocycles. The van der Waals surface area contributed by atoms with Gasteiger partial charge in [0, 0.05) is 6.54 Å². The third-order valence-corrected chi connectivity index (χ3v) is 3.97. The first-order valence-electron chi connectivity index (χ1n) is 6.78. The van der Waals surface area contributed by atoms with Crippen molar-refractivity contribution in [3.8, 4) is 0 Å². The minimum absolute atomic E-state index is 0.0952. The fourth-order valence-electron chi connectivity index (χ4n) is 2.55. The summed E-state index contributed by atoms with van der Waals surface area (Å²) in [6.07, 6.45) is 1.38. The lowest BCUT2D eigenvalue weighted by atomic mass is 9.94. The van der Waals surface area contributed by atoms with Gasteiger partial charge in [-0.2, -0.15) is 0 Å². The van der Waals surface area contributed by atoms with E-state index in [9.17, 15) is 4.79 Å². The predicted octanol–water partition coefficient (Wildman–Crippen LogP) is 2.18. The Morgan fingerprint density at radius 1 is 1.38 bits per heavy atom. The highest BCUT2D eigenvalue weighted by Crippen LogP contribution is 2.30. The SMILES string of the molecule is CC1(c2ccccc2)CN(c2ncc(Cl)c(=O)[nH]2)CCO1. The van der Waals surface area contributed by atoms with Crippen molar-refractivity contribution in [1.29, 1.82) is 0 Å². The van der Waals surface area contributed by atoms with Gasteiger partial charge in [0.1, 0.15) is 10.6 Å². The number of H-pyrrole nitrogens is 1. The topological polar surface area (TPSA) is 58.2 Å². The van der Waals surface area contributed by atoms with Crippen molar-refractivity contribution in [2.75, 3.05) is 24.6 Å². The van der Waals surface area contributed by atoms with Crippen LogP contribution in [0.5, 0.6) is 0 Å². The molecule has 1 saturated heterocycles. The second kappa shape index (κ2) is 5.50. The summed E-state index contributed by atoms with van der Waals surface area (Å²) in [5.41, 5.74) is 0.345. The van der Waals surface area contributed by atoms with Crippen LogP contribution in [0, 0.1) is 0 Å². The van der Waals surface area contributed by atoms with E-state index in [4.69, 9.17) is 16.3 Å². The molecule has 1 N–H and O–H groups in total. The number of nitrogens with one attached hydrogen (secondary N) is 1. The van der Waals surface area contributed by atoms with Gasteiger partial charge in [0.25, 0.3) is 5.56 Å². The molecule has 1 unspecified atom stereocenters. The molecule has 1 aromatic heterocycles. The minimum atomic E-state index is -0.433. The maximum Gasteiger partial charge on any atom is 0.271 e. The molecule has 0 radical (unpaired) electrons. The molecule has 110 valence electrons. The summed E-state index contributed by atoms with van der Waals surface area (Å²) in [6, 6.07) is 10.0. The molecule has 1 aromatic carbocycles. The van der Waals surface area contributed by atoms with Crippen molar-refractivity contribution in [2.45, 2.75) is 12.5 Å². The van der Waals surface area contributed by atoms with E-state index in [0.717, 1.165) is 5.56 Å².